The Balaban J connectivity index is 1.78. The smallest absolute Gasteiger partial charge is 0.0430 e. The first kappa shape index (κ1) is 13.7. The molecule has 20 heavy (non-hydrogen) atoms. The molecule has 2 aromatic rings. The van der Waals surface area contributed by atoms with Gasteiger partial charge in [-0.15, -0.1) is 11.3 Å². The Morgan fingerprint density at radius 3 is 2.60 bits per heavy atom. The lowest BCUT2D eigenvalue weighted by Gasteiger charge is -2.33. The van der Waals surface area contributed by atoms with E-state index in [4.69, 9.17) is 0 Å². The van der Waals surface area contributed by atoms with Crippen LogP contribution in [0.3, 0.4) is 0 Å². The molecule has 0 spiro atoms. The second-order valence-electron chi connectivity index (χ2n) is 6.13. The van der Waals surface area contributed by atoms with E-state index in [1.165, 1.54) is 35.4 Å². The molecule has 1 saturated carbocycles. The van der Waals surface area contributed by atoms with Crippen molar-refractivity contribution >= 4 is 17.0 Å². The van der Waals surface area contributed by atoms with Crippen LogP contribution in [0, 0.1) is 11.8 Å². The number of rotatable bonds is 3. The van der Waals surface area contributed by atoms with Gasteiger partial charge in [-0.1, -0.05) is 38.1 Å². The lowest BCUT2D eigenvalue weighted by molar-refractivity contribution is 0.261. The third-order valence-corrected chi connectivity index (χ3v) is 5.57. The van der Waals surface area contributed by atoms with Gasteiger partial charge in [-0.25, -0.2) is 0 Å². The van der Waals surface area contributed by atoms with Crippen LogP contribution in [-0.4, -0.2) is 6.04 Å². The lowest BCUT2D eigenvalue weighted by Crippen LogP contribution is -2.30. The average molecular weight is 285 g/mol. The molecule has 1 N–H and O–H groups in total. The molecule has 0 aliphatic heterocycles. The van der Waals surface area contributed by atoms with E-state index in [0.29, 0.717) is 6.04 Å². The van der Waals surface area contributed by atoms with Crippen molar-refractivity contribution < 1.29 is 0 Å². The highest BCUT2D eigenvalue weighted by Gasteiger charge is 2.24. The summed E-state index contributed by atoms with van der Waals surface area (Å²) >= 11 is 1.81. The highest BCUT2D eigenvalue weighted by molar-refractivity contribution is 7.13. The van der Waals surface area contributed by atoms with Crippen LogP contribution in [0.25, 0.3) is 10.4 Å². The standard InChI is InChI=1S/C18H23NS/c1-13-9-10-15(12-14(13)2)19-17-7-4-3-6-16(17)18-8-5-11-20-18/h3-8,11,13-15,19H,9-10,12H2,1-2H3. The number of benzene rings is 1. The van der Waals surface area contributed by atoms with E-state index < -0.39 is 0 Å². The molecule has 3 unspecified atom stereocenters. The molecule has 0 saturated heterocycles. The molecule has 0 radical (unpaired) electrons. The molecule has 0 bridgehead atoms. The summed E-state index contributed by atoms with van der Waals surface area (Å²) in [5, 5.41) is 5.94. The van der Waals surface area contributed by atoms with Crippen LogP contribution in [-0.2, 0) is 0 Å². The van der Waals surface area contributed by atoms with Gasteiger partial charge in [0.1, 0.15) is 0 Å². The van der Waals surface area contributed by atoms with Gasteiger partial charge in [0.05, 0.1) is 0 Å². The van der Waals surface area contributed by atoms with Gasteiger partial charge in [-0.2, -0.15) is 0 Å². The van der Waals surface area contributed by atoms with Gasteiger partial charge in [-0.3, -0.25) is 0 Å². The molecule has 106 valence electrons. The van der Waals surface area contributed by atoms with Crippen molar-refractivity contribution in [2.75, 3.05) is 5.32 Å². The molecule has 1 aromatic carbocycles. The fourth-order valence-corrected chi connectivity index (χ4v) is 3.92. The van der Waals surface area contributed by atoms with Gasteiger partial charge in [0, 0.05) is 22.2 Å². The molecule has 3 atom stereocenters. The fourth-order valence-electron chi connectivity index (χ4n) is 3.15. The van der Waals surface area contributed by atoms with Crippen molar-refractivity contribution in [3.63, 3.8) is 0 Å². The number of thiophene rings is 1. The van der Waals surface area contributed by atoms with Crippen LogP contribution in [0.2, 0.25) is 0 Å². The van der Waals surface area contributed by atoms with Crippen molar-refractivity contribution in [2.45, 2.75) is 39.2 Å². The van der Waals surface area contributed by atoms with E-state index in [-0.39, 0.29) is 0 Å². The predicted octanol–water partition coefficient (Wildman–Crippen LogP) is 5.65. The van der Waals surface area contributed by atoms with E-state index in [0.717, 1.165) is 11.8 Å². The quantitative estimate of drug-likeness (QED) is 0.768. The van der Waals surface area contributed by atoms with E-state index in [2.05, 4.69) is 60.9 Å². The number of anilines is 1. The number of hydrogen-bond donors (Lipinski definition) is 1. The fraction of sp³-hybridized carbons (Fsp3) is 0.444. The van der Waals surface area contributed by atoms with Gasteiger partial charge < -0.3 is 5.32 Å². The van der Waals surface area contributed by atoms with E-state index in [1.54, 1.807) is 0 Å². The number of nitrogens with one attached hydrogen (secondary N) is 1. The topological polar surface area (TPSA) is 12.0 Å². The summed E-state index contributed by atoms with van der Waals surface area (Å²) in [7, 11) is 0. The molecule has 1 aliphatic carbocycles. The van der Waals surface area contributed by atoms with Crippen LogP contribution in [0.15, 0.2) is 41.8 Å². The van der Waals surface area contributed by atoms with Crippen molar-refractivity contribution in [1.82, 2.24) is 0 Å². The monoisotopic (exact) mass is 285 g/mol. The Labute approximate surface area is 126 Å². The maximum atomic E-state index is 3.80. The van der Waals surface area contributed by atoms with Gasteiger partial charge in [-0.05, 0) is 48.6 Å². The third kappa shape index (κ3) is 2.90. The van der Waals surface area contributed by atoms with Crippen LogP contribution in [0.5, 0.6) is 0 Å². The first-order valence-electron chi connectivity index (χ1n) is 7.63. The molecule has 2 heteroatoms. The summed E-state index contributed by atoms with van der Waals surface area (Å²) in [6.07, 6.45) is 3.93. The number of para-hydroxylation sites is 1. The number of hydrogen-bond acceptors (Lipinski definition) is 2. The normalized spacial score (nSPS) is 26.4. The SMILES string of the molecule is CC1CCC(Nc2ccccc2-c2cccs2)CC1C. The molecule has 1 aromatic heterocycles. The summed E-state index contributed by atoms with van der Waals surface area (Å²) in [6, 6.07) is 13.7. The highest BCUT2D eigenvalue weighted by atomic mass is 32.1. The van der Waals surface area contributed by atoms with Crippen LogP contribution in [0.4, 0.5) is 5.69 Å². The minimum absolute atomic E-state index is 0.627. The minimum Gasteiger partial charge on any atom is -0.382 e. The Morgan fingerprint density at radius 1 is 1.00 bits per heavy atom. The Bertz CT molecular complexity index is 546. The molecule has 1 aliphatic rings. The van der Waals surface area contributed by atoms with Crippen LogP contribution < -0.4 is 5.32 Å². The summed E-state index contributed by atoms with van der Waals surface area (Å²) in [5.41, 5.74) is 2.63. The van der Waals surface area contributed by atoms with Crippen molar-refractivity contribution in [3.8, 4) is 10.4 Å². The van der Waals surface area contributed by atoms with Crippen molar-refractivity contribution in [3.05, 3.63) is 41.8 Å². The summed E-state index contributed by atoms with van der Waals surface area (Å²) in [6.45, 7) is 4.78. The Hall–Kier alpha value is -1.28. The third-order valence-electron chi connectivity index (χ3n) is 4.67. The van der Waals surface area contributed by atoms with Crippen LogP contribution >= 0.6 is 11.3 Å². The molecular weight excluding hydrogens is 262 g/mol. The Morgan fingerprint density at radius 2 is 1.85 bits per heavy atom. The predicted molar refractivity (Wildman–Crippen MR) is 89.3 cm³/mol. The van der Waals surface area contributed by atoms with Gasteiger partial charge in [0.25, 0.3) is 0 Å². The maximum absolute atomic E-state index is 3.80. The van der Waals surface area contributed by atoms with E-state index in [1.807, 2.05) is 11.3 Å². The first-order chi connectivity index (χ1) is 9.74. The van der Waals surface area contributed by atoms with Crippen LogP contribution in [0.1, 0.15) is 33.1 Å². The molecule has 1 fully saturated rings. The largest absolute Gasteiger partial charge is 0.382 e. The summed E-state index contributed by atoms with van der Waals surface area (Å²) in [4.78, 5) is 1.35. The lowest BCUT2D eigenvalue weighted by atomic mass is 9.79. The second-order valence-corrected chi connectivity index (χ2v) is 7.08. The zero-order valence-corrected chi connectivity index (χ0v) is 13.1. The van der Waals surface area contributed by atoms with Gasteiger partial charge in [0.15, 0.2) is 0 Å². The molecule has 1 heterocycles. The first-order valence-corrected chi connectivity index (χ1v) is 8.51. The highest BCUT2D eigenvalue weighted by Crippen LogP contribution is 2.35. The summed E-state index contributed by atoms with van der Waals surface area (Å²) < 4.78 is 0. The van der Waals surface area contributed by atoms with Gasteiger partial charge in [0.2, 0.25) is 0 Å². The Kier molecular flexibility index (Phi) is 4.11. The van der Waals surface area contributed by atoms with E-state index in [9.17, 15) is 0 Å². The van der Waals surface area contributed by atoms with E-state index >= 15 is 0 Å². The maximum Gasteiger partial charge on any atom is 0.0430 e. The zero-order valence-electron chi connectivity index (χ0n) is 12.3. The molecule has 0 amide bonds. The van der Waals surface area contributed by atoms with Crippen molar-refractivity contribution in [1.29, 1.82) is 0 Å². The summed E-state index contributed by atoms with van der Waals surface area (Å²) in [5.74, 6) is 1.70. The molecule has 3 rings (SSSR count). The average Bonchev–Trinajstić information content (AvgIpc) is 2.97. The second kappa shape index (κ2) is 6.01. The van der Waals surface area contributed by atoms with Gasteiger partial charge >= 0.3 is 0 Å². The zero-order chi connectivity index (χ0) is 13.9. The van der Waals surface area contributed by atoms with Crippen molar-refractivity contribution in [2.24, 2.45) is 11.8 Å². The molecular formula is C18H23NS. The minimum atomic E-state index is 0.627. The molecule has 1 nitrogen and oxygen atoms in total.